The average Bonchev–Trinajstić information content (AvgIpc) is 3.12. The minimum absolute atomic E-state index is 0.0273. The molecule has 1 fully saturated rings. The molecule has 0 aromatic heterocycles. The van der Waals surface area contributed by atoms with Crippen LogP contribution in [0.1, 0.15) is 16.5 Å². The molecule has 0 aliphatic carbocycles. The molecule has 1 saturated heterocycles. The summed E-state index contributed by atoms with van der Waals surface area (Å²) >= 11 is 1.71. The van der Waals surface area contributed by atoms with E-state index in [4.69, 9.17) is 9.47 Å². The monoisotopic (exact) mass is 361 g/mol. The second-order valence-corrected chi connectivity index (χ2v) is 6.91. The minimum atomic E-state index is -0.297. The zero-order chi connectivity index (χ0) is 17.8. The van der Waals surface area contributed by atoms with Crippen LogP contribution in [0.15, 0.2) is 42.5 Å². The zero-order valence-corrected chi connectivity index (χ0v) is 15.0. The molecule has 2 aromatic rings. The van der Waals surface area contributed by atoms with Gasteiger partial charge >= 0.3 is 0 Å². The summed E-state index contributed by atoms with van der Waals surface area (Å²) in [7, 11) is 3.22. The van der Waals surface area contributed by atoms with Gasteiger partial charge in [-0.2, -0.15) is 0 Å². The van der Waals surface area contributed by atoms with E-state index in [1.165, 1.54) is 12.1 Å². The van der Waals surface area contributed by atoms with E-state index >= 15 is 0 Å². The maximum Gasteiger partial charge on any atom is 0.228 e. The number of hydrogen-bond acceptors (Lipinski definition) is 4. The van der Waals surface area contributed by atoms with Crippen LogP contribution in [0.4, 0.5) is 4.39 Å². The second-order valence-electron chi connectivity index (χ2n) is 5.72. The highest BCUT2D eigenvalue weighted by molar-refractivity contribution is 7.99. The lowest BCUT2D eigenvalue weighted by atomic mass is 10.1. The van der Waals surface area contributed by atoms with Crippen molar-refractivity contribution in [3.63, 3.8) is 0 Å². The number of benzene rings is 2. The molecule has 1 aliphatic heterocycles. The van der Waals surface area contributed by atoms with Gasteiger partial charge in [0.05, 0.1) is 20.6 Å². The van der Waals surface area contributed by atoms with Crippen molar-refractivity contribution in [3.8, 4) is 11.5 Å². The molecule has 25 heavy (non-hydrogen) atoms. The van der Waals surface area contributed by atoms with Gasteiger partial charge in [0, 0.05) is 23.9 Å². The summed E-state index contributed by atoms with van der Waals surface area (Å²) in [6.45, 7) is 0.685. The summed E-state index contributed by atoms with van der Waals surface area (Å²) in [4.78, 5) is 14.6. The fourth-order valence-corrected chi connectivity index (χ4v) is 4.19. The van der Waals surface area contributed by atoms with Crippen molar-refractivity contribution in [2.45, 2.75) is 11.8 Å². The Hall–Kier alpha value is -2.21. The van der Waals surface area contributed by atoms with E-state index in [1.54, 1.807) is 38.1 Å². The summed E-state index contributed by atoms with van der Waals surface area (Å²) in [6, 6.07) is 11.7. The molecule has 1 heterocycles. The molecule has 132 valence electrons. The van der Waals surface area contributed by atoms with Gasteiger partial charge in [0.15, 0.2) is 0 Å². The Kier molecular flexibility index (Phi) is 5.48. The lowest BCUT2D eigenvalue weighted by Gasteiger charge is -2.25. The molecule has 0 spiro atoms. The van der Waals surface area contributed by atoms with Gasteiger partial charge in [-0.15, -0.1) is 11.8 Å². The minimum Gasteiger partial charge on any atom is -0.497 e. The van der Waals surface area contributed by atoms with Crippen molar-refractivity contribution in [2.75, 3.05) is 26.5 Å². The van der Waals surface area contributed by atoms with Crippen molar-refractivity contribution in [3.05, 3.63) is 59.4 Å². The quantitative estimate of drug-likeness (QED) is 0.815. The molecule has 3 rings (SSSR count). The highest BCUT2D eigenvalue weighted by Crippen LogP contribution is 2.43. The van der Waals surface area contributed by atoms with E-state index in [0.29, 0.717) is 18.0 Å². The Morgan fingerprint density at radius 2 is 1.96 bits per heavy atom. The molecule has 4 nitrogen and oxygen atoms in total. The highest BCUT2D eigenvalue weighted by Gasteiger charge is 2.32. The number of hydrogen-bond donors (Lipinski definition) is 0. The third kappa shape index (κ3) is 3.90. The fourth-order valence-electron chi connectivity index (χ4n) is 2.88. The van der Waals surface area contributed by atoms with Gasteiger partial charge in [0.2, 0.25) is 5.91 Å². The smallest absolute Gasteiger partial charge is 0.228 e. The van der Waals surface area contributed by atoms with Crippen LogP contribution in [0.3, 0.4) is 0 Å². The molecule has 0 radical (unpaired) electrons. The Labute approximate surface area is 150 Å². The van der Waals surface area contributed by atoms with E-state index < -0.39 is 0 Å². The van der Waals surface area contributed by atoms with Crippen LogP contribution in [-0.2, 0) is 11.2 Å². The normalized spacial score (nSPS) is 16.8. The first kappa shape index (κ1) is 17.6. The van der Waals surface area contributed by atoms with Gasteiger partial charge in [-0.3, -0.25) is 4.79 Å². The maximum atomic E-state index is 13.0. The SMILES string of the molecule is COc1ccc([C@@H]2SCCN2C(=O)Cc2ccc(F)cc2)c(OC)c1. The van der Waals surface area contributed by atoms with Crippen molar-refractivity contribution in [2.24, 2.45) is 0 Å². The topological polar surface area (TPSA) is 38.8 Å². The molecule has 0 saturated carbocycles. The number of nitrogens with zero attached hydrogens (tertiary/aromatic N) is 1. The summed E-state index contributed by atoms with van der Waals surface area (Å²) < 4.78 is 23.8. The van der Waals surface area contributed by atoms with Gasteiger partial charge in [0.1, 0.15) is 22.7 Å². The highest BCUT2D eigenvalue weighted by atomic mass is 32.2. The first-order valence-corrected chi connectivity index (χ1v) is 9.04. The third-order valence-electron chi connectivity index (χ3n) is 4.19. The Morgan fingerprint density at radius 1 is 1.20 bits per heavy atom. The molecule has 2 aromatic carbocycles. The average molecular weight is 361 g/mol. The van der Waals surface area contributed by atoms with Crippen molar-refractivity contribution in [1.82, 2.24) is 4.90 Å². The molecule has 0 N–H and O–H groups in total. The van der Waals surface area contributed by atoms with E-state index in [0.717, 1.165) is 16.9 Å². The first-order valence-electron chi connectivity index (χ1n) is 8.00. The van der Waals surface area contributed by atoms with Crippen LogP contribution in [0.5, 0.6) is 11.5 Å². The van der Waals surface area contributed by atoms with E-state index in [-0.39, 0.29) is 23.5 Å². The number of carbonyl (C=O) groups is 1. The van der Waals surface area contributed by atoms with Crippen LogP contribution in [-0.4, -0.2) is 37.3 Å². The largest absolute Gasteiger partial charge is 0.497 e. The molecule has 6 heteroatoms. The molecular formula is C19H20FNO3S. The predicted molar refractivity (Wildman–Crippen MR) is 96.6 cm³/mol. The van der Waals surface area contributed by atoms with E-state index in [1.807, 2.05) is 23.1 Å². The number of methoxy groups -OCH3 is 2. The predicted octanol–water partition coefficient (Wildman–Crippen LogP) is 3.66. The van der Waals surface area contributed by atoms with E-state index in [9.17, 15) is 9.18 Å². The molecular weight excluding hydrogens is 341 g/mol. The first-order chi connectivity index (χ1) is 12.1. The van der Waals surface area contributed by atoms with Crippen molar-refractivity contribution >= 4 is 17.7 Å². The standard InChI is InChI=1S/C19H20FNO3S/c1-23-15-7-8-16(17(12-15)24-2)19-21(9-10-25-19)18(22)11-13-3-5-14(20)6-4-13/h3-8,12,19H,9-11H2,1-2H3/t19-/m0/s1. The van der Waals surface area contributed by atoms with Crippen LogP contribution in [0, 0.1) is 5.82 Å². The van der Waals surface area contributed by atoms with Gasteiger partial charge < -0.3 is 14.4 Å². The number of amides is 1. The molecule has 1 amide bonds. The van der Waals surface area contributed by atoms with Gasteiger partial charge in [-0.05, 0) is 29.8 Å². The van der Waals surface area contributed by atoms with Gasteiger partial charge in [-0.1, -0.05) is 12.1 Å². The Morgan fingerprint density at radius 3 is 2.64 bits per heavy atom. The lowest BCUT2D eigenvalue weighted by Crippen LogP contribution is -2.31. The number of ether oxygens (including phenoxy) is 2. The summed E-state index contributed by atoms with van der Waals surface area (Å²) in [5.41, 5.74) is 1.77. The summed E-state index contributed by atoms with van der Waals surface area (Å²) in [5.74, 6) is 2.02. The summed E-state index contributed by atoms with van der Waals surface area (Å²) in [6.07, 6.45) is 0.260. The van der Waals surface area contributed by atoms with Crippen LogP contribution in [0.25, 0.3) is 0 Å². The lowest BCUT2D eigenvalue weighted by molar-refractivity contribution is -0.130. The summed E-state index contributed by atoms with van der Waals surface area (Å²) in [5, 5.41) is -0.0891. The maximum absolute atomic E-state index is 13.0. The van der Waals surface area contributed by atoms with Gasteiger partial charge in [-0.25, -0.2) is 4.39 Å². The van der Waals surface area contributed by atoms with Crippen molar-refractivity contribution in [1.29, 1.82) is 0 Å². The number of rotatable bonds is 5. The van der Waals surface area contributed by atoms with Crippen LogP contribution < -0.4 is 9.47 Å². The number of halogens is 1. The van der Waals surface area contributed by atoms with Crippen LogP contribution >= 0.6 is 11.8 Å². The van der Waals surface area contributed by atoms with E-state index in [2.05, 4.69) is 0 Å². The third-order valence-corrected chi connectivity index (χ3v) is 5.43. The number of carbonyl (C=O) groups excluding carboxylic acids is 1. The van der Waals surface area contributed by atoms with Crippen LogP contribution in [0.2, 0.25) is 0 Å². The zero-order valence-electron chi connectivity index (χ0n) is 14.2. The van der Waals surface area contributed by atoms with Crippen molar-refractivity contribution < 1.29 is 18.7 Å². The number of thioether (sulfide) groups is 1. The van der Waals surface area contributed by atoms with Gasteiger partial charge in [0.25, 0.3) is 0 Å². The second kappa shape index (κ2) is 7.78. The fraction of sp³-hybridized carbons (Fsp3) is 0.316. The Balaban J connectivity index is 1.80. The molecule has 0 bridgehead atoms. The molecule has 0 unspecified atom stereocenters. The molecule has 1 aliphatic rings. The molecule has 1 atom stereocenters. The Bertz CT molecular complexity index is 751.